The number of likely N-dealkylation sites (tertiary alicyclic amines) is 2. The maximum absolute atomic E-state index is 13.2. The minimum atomic E-state index is -4.30. The van der Waals surface area contributed by atoms with Crippen LogP contribution in [-0.4, -0.2) is 58.0 Å². The molecule has 37 heavy (non-hydrogen) atoms. The summed E-state index contributed by atoms with van der Waals surface area (Å²) in [4.78, 5) is 21.9. The van der Waals surface area contributed by atoms with Crippen molar-refractivity contribution in [3.05, 3.63) is 53.4 Å². The van der Waals surface area contributed by atoms with Crippen LogP contribution < -0.4 is 0 Å². The van der Waals surface area contributed by atoms with Crippen molar-refractivity contribution in [1.29, 1.82) is 0 Å². The average Bonchev–Trinajstić information content (AvgIpc) is 3.25. The van der Waals surface area contributed by atoms with Crippen LogP contribution in [0.5, 0.6) is 0 Å². The van der Waals surface area contributed by atoms with Crippen molar-refractivity contribution in [3.63, 3.8) is 0 Å². The molecule has 3 atom stereocenters. The van der Waals surface area contributed by atoms with E-state index in [-0.39, 0.29) is 5.92 Å². The summed E-state index contributed by atoms with van der Waals surface area (Å²) >= 11 is 1.42. The topological polar surface area (TPSA) is 41.4 Å². The molecule has 0 N–H and O–H groups in total. The summed E-state index contributed by atoms with van der Waals surface area (Å²) in [5.41, 5.74) is 0.623. The third kappa shape index (κ3) is 5.43. The lowest BCUT2D eigenvalue weighted by atomic mass is 9.89. The first-order valence-electron chi connectivity index (χ1n) is 13.4. The zero-order valence-electron chi connectivity index (χ0n) is 20.9. The number of fused-ring (bicyclic) bond motifs is 1. The van der Waals surface area contributed by atoms with Crippen LogP contribution in [0.1, 0.15) is 49.1 Å². The molecular formula is C28H33F3N4OS. The predicted molar refractivity (Wildman–Crippen MR) is 138 cm³/mol. The second kappa shape index (κ2) is 10.1. The SMILES string of the molecule is O=C(C1CC1CN1CCC(c2csc3cc(C(F)(F)F)ccc23)CC1)N1CCC[C@@H](Cn2ccnc2)C1. The molecule has 2 aliphatic heterocycles. The van der Waals surface area contributed by atoms with Crippen molar-refractivity contribution in [2.24, 2.45) is 17.8 Å². The predicted octanol–water partition coefficient (Wildman–Crippen LogP) is 5.87. The Morgan fingerprint density at radius 2 is 1.95 bits per heavy atom. The van der Waals surface area contributed by atoms with Crippen LogP contribution in [0.4, 0.5) is 13.2 Å². The van der Waals surface area contributed by atoms with Crippen LogP contribution in [0.15, 0.2) is 42.3 Å². The van der Waals surface area contributed by atoms with Crippen molar-refractivity contribution in [2.75, 3.05) is 32.7 Å². The minimum absolute atomic E-state index is 0.174. The molecule has 0 spiro atoms. The molecule has 3 aliphatic rings. The maximum Gasteiger partial charge on any atom is 0.416 e. The lowest BCUT2D eigenvalue weighted by Crippen LogP contribution is -2.42. The van der Waals surface area contributed by atoms with Crippen LogP contribution in [0.25, 0.3) is 10.1 Å². The molecule has 0 bridgehead atoms. The first-order valence-corrected chi connectivity index (χ1v) is 14.3. The Bertz CT molecular complexity index is 1230. The monoisotopic (exact) mass is 530 g/mol. The summed E-state index contributed by atoms with van der Waals surface area (Å²) in [6.45, 7) is 5.61. The molecule has 198 valence electrons. The number of carbonyl (C=O) groups is 1. The standard InChI is InChI=1S/C28H33F3N4OS/c29-28(30,31)22-3-4-23-25(17-37-26(23)13-22)20-5-9-33(10-6-20)16-21-12-24(21)27(36)35-8-1-2-19(15-35)14-34-11-7-32-18-34/h3-4,7,11,13,17-21,24H,1-2,5-6,8-10,12,14-16H2/t19-,21?,24?/m0/s1. The highest BCUT2D eigenvalue weighted by Crippen LogP contribution is 2.43. The van der Waals surface area contributed by atoms with E-state index < -0.39 is 11.7 Å². The molecule has 2 aromatic heterocycles. The second-order valence-corrected chi connectivity index (χ2v) is 12.0. The molecule has 4 heterocycles. The summed E-state index contributed by atoms with van der Waals surface area (Å²) in [5, 5.41) is 3.02. The number of rotatable bonds is 6. The van der Waals surface area contributed by atoms with Gasteiger partial charge in [-0.3, -0.25) is 4.79 Å². The van der Waals surface area contributed by atoms with E-state index >= 15 is 0 Å². The number of aromatic nitrogens is 2. The summed E-state index contributed by atoms with van der Waals surface area (Å²) in [6.07, 6.45) is 6.61. The first-order chi connectivity index (χ1) is 17.8. The van der Waals surface area contributed by atoms with Gasteiger partial charge >= 0.3 is 6.18 Å². The number of halogens is 3. The Hall–Kier alpha value is -2.39. The average molecular weight is 531 g/mol. The maximum atomic E-state index is 13.2. The molecule has 9 heteroatoms. The van der Waals surface area contributed by atoms with Crippen LogP contribution in [0, 0.1) is 17.8 Å². The molecule has 3 fully saturated rings. The van der Waals surface area contributed by atoms with Gasteiger partial charge in [-0.25, -0.2) is 4.98 Å². The summed E-state index contributed by atoms with van der Waals surface area (Å²) in [7, 11) is 0. The number of hydrogen-bond acceptors (Lipinski definition) is 4. The number of hydrogen-bond donors (Lipinski definition) is 0. The van der Waals surface area contributed by atoms with Gasteiger partial charge < -0.3 is 14.4 Å². The largest absolute Gasteiger partial charge is 0.416 e. The highest BCUT2D eigenvalue weighted by atomic mass is 32.1. The van der Waals surface area contributed by atoms with Crippen molar-refractivity contribution in [2.45, 2.75) is 50.7 Å². The lowest BCUT2D eigenvalue weighted by Gasteiger charge is -2.34. The number of piperidine rings is 2. The van der Waals surface area contributed by atoms with E-state index in [4.69, 9.17) is 0 Å². The molecule has 0 radical (unpaired) electrons. The zero-order valence-corrected chi connectivity index (χ0v) is 21.7. The molecular weight excluding hydrogens is 497 g/mol. The Kier molecular flexibility index (Phi) is 6.77. The van der Waals surface area contributed by atoms with Crippen molar-refractivity contribution in [1.82, 2.24) is 19.4 Å². The Balaban J connectivity index is 0.987. The van der Waals surface area contributed by atoms with E-state index in [1.807, 2.05) is 12.5 Å². The molecule has 3 aromatic rings. The highest BCUT2D eigenvalue weighted by Gasteiger charge is 2.46. The molecule has 1 aliphatic carbocycles. The normalized spacial score (nSPS) is 25.6. The lowest BCUT2D eigenvalue weighted by molar-refractivity contribution is -0.137. The fraction of sp³-hybridized carbons (Fsp3) is 0.571. The third-order valence-corrected chi connectivity index (χ3v) is 9.52. The van der Waals surface area contributed by atoms with Gasteiger partial charge in [0, 0.05) is 49.2 Å². The van der Waals surface area contributed by atoms with E-state index in [0.29, 0.717) is 23.7 Å². The quantitative estimate of drug-likeness (QED) is 0.400. The second-order valence-electron chi connectivity index (χ2n) is 11.1. The van der Waals surface area contributed by atoms with Crippen LogP contribution >= 0.6 is 11.3 Å². The smallest absolute Gasteiger partial charge is 0.342 e. The number of imidazole rings is 1. The summed E-state index contributed by atoms with van der Waals surface area (Å²) in [5.74, 6) is 1.86. The molecule has 5 nitrogen and oxygen atoms in total. The van der Waals surface area contributed by atoms with Gasteiger partial charge in [-0.05, 0) is 91.4 Å². The molecule has 2 saturated heterocycles. The number of carbonyl (C=O) groups excluding carboxylic acids is 1. The molecule has 2 unspecified atom stereocenters. The van der Waals surface area contributed by atoms with Crippen molar-refractivity contribution < 1.29 is 18.0 Å². The van der Waals surface area contributed by atoms with E-state index in [1.165, 1.54) is 29.0 Å². The van der Waals surface area contributed by atoms with E-state index in [9.17, 15) is 18.0 Å². The third-order valence-electron chi connectivity index (χ3n) is 8.55. The van der Waals surface area contributed by atoms with E-state index in [0.717, 1.165) is 81.5 Å². The van der Waals surface area contributed by atoms with Gasteiger partial charge in [0.05, 0.1) is 11.9 Å². The number of benzene rings is 1. The number of amides is 1. The fourth-order valence-corrected chi connectivity index (χ4v) is 7.47. The fourth-order valence-electron chi connectivity index (χ4n) is 6.39. The Labute approximate surface area is 219 Å². The van der Waals surface area contributed by atoms with Gasteiger partial charge in [0.2, 0.25) is 5.91 Å². The van der Waals surface area contributed by atoms with Gasteiger partial charge in [-0.2, -0.15) is 13.2 Å². The van der Waals surface area contributed by atoms with E-state index in [2.05, 4.69) is 24.7 Å². The Morgan fingerprint density at radius 3 is 2.70 bits per heavy atom. The summed E-state index contributed by atoms with van der Waals surface area (Å²) in [6, 6.07) is 4.14. The first kappa shape index (κ1) is 24.9. The highest BCUT2D eigenvalue weighted by molar-refractivity contribution is 7.17. The Morgan fingerprint density at radius 1 is 1.11 bits per heavy atom. The number of nitrogens with zero attached hydrogens (tertiary/aromatic N) is 4. The van der Waals surface area contributed by atoms with E-state index in [1.54, 1.807) is 12.3 Å². The van der Waals surface area contributed by atoms with Crippen LogP contribution in [-0.2, 0) is 17.5 Å². The van der Waals surface area contributed by atoms with Gasteiger partial charge in [0.25, 0.3) is 0 Å². The van der Waals surface area contributed by atoms with Gasteiger partial charge in [-0.15, -0.1) is 11.3 Å². The summed E-state index contributed by atoms with van der Waals surface area (Å²) < 4.78 is 42.0. The molecule has 6 rings (SSSR count). The van der Waals surface area contributed by atoms with Crippen molar-refractivity contribution >= 4 is 27.3 Å². The number of thiophene rings is 1. The van der Waals surface area contributed by atoms with Gasteiger partial charge in [-0.1, -0.05) is 6.07 Å². The van der Waals surface area contributed by atoms with Crippen molar-refractivity contribution in [3.8, 4) is 0 Å². The van der Waals surface area contributed by atoms with Gasteiger partial charge in [0.1, 0.15) is 0 Å². The van der Waals surface area contributed by atoms with Gasteiger partial charge in [0.15, 0.2) is 0 Å². The molecule has 1 saturated carbocycles. The molecule has 1 amide bonds. The van der Waals surface area contributed by atoms with Crippen LogP contribution in [0.3, 0.4) is 0 Å². The molecule has 1 aromatic carbocycles. The minimum Gasteiger partial charge on any atom is -0.342 e. The zero-order chi connectivity index (χ0) is 25.6. The number of alkyl halides is 3. The van der Waals surface area contributed by atoms with Crippen LogP contribution in [0.2, 0.25) is 0 Å².